The third kappa shape index (κ3) is 4.93. The Labute approximate surface area is 178 Å². The Hall–Kier alpha value is -3.02. The zero-order chi connectivity index (χ0) is 21.7. The van der Waals surface area contributed by atoms with Crippen molar-refractivity contribution in [3.05, 3.63) is 53.1 Å². The van der Waals surface area contributed by atoms with Gasteiger partial charge >= 0.3 is 0 Å². The monoisotopic (exact) mass is 410 g/mol. The zero-order valence-corrected chi connectivity index (χ0v) is 18.1. The van der Waals surface area contributed by atoms with Crippen molar-refractivity contribution >= 4 is 17.5 Å². The molecule has 30 heavy (non-hydrogen) atoms. The van der Waals surface area contributed by atoms with E-state index in [-0.39, 0.29) is 17.7 Å². The van der Waals surface area contributed by atoms with Gasteiger partial charge in [0.25, 0.3) is 5.91 Å². The van der Waals surface area contributed by atoms with Gasteiger partial charge in [0.05, 0.1) is 14.2 Å². The molecule has 0 spiro atoms. The summed E-state index contributed by atoms with van der Waals surface area (Å²) in [5, 5.41) is 5.88. The molecule has 0 bridgehead atoms. The fourth-order valence-electron chi connectivity index (χ4n) is 3.73. The Kier molecular flexibility index (Phi) is 6.98. The molecule has 1 aliphatic rings. The van der Waals surface area contributed by atoms with Gasteiger partial charge in [-0.05, 0) is 60.6 Å². The van der Waals surface area contributed by atoms with Gasteiger partial charge in [0.1, 0.15) is 17.5 Å². The van der Waals surface area contributed by atoms with Crippen molar-refractivity contribution in [1.82, 2.24) is 5.32 Å². The number of rotatable bonds is 8. The molecule has 6 heteroatoms. The molecule has 0 fully saturated rings. The zero-order valence-electron chi connectivity index (χ0n) is 18.1. The van der Waals surface area contributed by atoms with E-state index in [0.717, 1.165) is 31.4 Å². The number of ether oxygens (including phenoxy) is 2. The lowest BCUT2D eigenvalue weighted by molar-refractivity contribution is -0.119. The summed E-state index contributed by atoms with van der Waals surface area (Å²) in [7, 11) is 3.06. The standard InChI is InChI=1S/C24H30N2O4/c1-5-15(2)22(24(28)25-19-10-9-16-7-6-8-17(16)11-19)26-23(27)18-12-20(29-3)14-21(13-18)30-4/h9-15,22H,5-8H2,1-4H3,(H,25,28)(H,26,27). The lowest BCUT2D eigenvalue weighted by Gasteiger charge is -2.24. The van der Waals surface area contributed by atoms with Crippen LogP contribution >= 0.6 is 0 Å². The Morgan fingerprint density at radius 2 is 1.67 bits per heavy atom. The second-order valence-corrected chi connectivity index (χ2v) is 7.76. The molecule has 0 aliphatic heterocycles. The van der Waals surface area contributed by atoms with Gasteiger partial charge in [-0.3, -0.25) is 9.59 Å². The third-order valence-corrected chi connectivity index (χ3v) is 5.76. The molecule has 0 heterocycles. The fraction of sp³-hybridized carbons (Fsp3) is 0.417. The molecule has 3 rings (SSSR count). The number of fused-ring (bicyclic) bond motifs is 1. The Morgan fingerprint density at radius 3 is 2.30 bits per heavy atom. The molecule has 0 saturated heterocycles. The van der Waals surface area contributed by atoms with E-state index >= 15 is 0 Å². The molecular formula is C24H30N2O4. The van der Waals surface area contributed by atoms with Gasteiger partial charge in [-0.1, -0.05) is 26.3 Å². The average Bonchev–Trinajstić information content (AvgIpc) is 3.24. The van der Waals surface area contributed by atoms with Crippen molar-refractivity contribution in [2.75, 3.05) is 19.5 Å². The summed E-state index contributed by atoms with van der Waals surface area (Å²) in [4.78, 5) is 26.0. The molecule has 160 valence electrons. The number of carbonyl (C=O) groups is 2. The fourth-order valence-corrected chi connectivity index (χ4v) is 3.73. The molecule has 0 aromatic heterocycles. The number of methoxy groups -OCH3 is 2. The van der Waals surface area contributed by atoms with E-state index < -0.39 is 6.04 Å². The highest BCUT2D eigenvalue weighted by atomic mass is 16.5. The van der Waals surface area contributed by atoms with Crippen molar-refractivity contribution in [1.29, 1.82) is 0 Å². The third-order valence-electron chi connectivity index (χ3n) is 5.76. The molecule has 2 unspecified atom stereocenters. The van der Waals surface area contributed by atoms with E-state index in [4.69, 9.17) is 9.47 Å². The minimum absolute atomic E-state index is 0.0316. The highest BCUT2D eigenvalue weighted by molar-refractivity contribution is 6.01. The lowest BCUT2D eigenvalue weighted by Crippen LogP contribution is -2.47. The van der Waals surface area contributed by atoms with Crippen LogP contribution in [-0.4, -0.2) is 32.1 Å². The topological polar surface area (TPSA) is 76.7 Å². The van der Waals surface area contributed by atoms with Gasteiger partial charge in [-0.25, -0.2) is 0 Å². The largest absolute Gasteiger partial charge is 0.497 e. The number of aryl methyl sites for hydroxylation is 2. The number of anilines is 1. The molecule has 2 amide bonds. The smallest absolute Gasteiger partial charge is 0.252 e. The van der Waals surface area contributed by atoms with Gasteiger partial charge in [0.2, 0.25) is 5.91 Å². The number of hydrogen-bond donors (Lipinski definition) is 2. The SMILES string of the molecule is CCC(C)C(NC(=O)c1cc(OC)cc(OC)c1)C(=O)Nc1ccc2c(c1)CCC2. The quantitative estimate of drug-likeness (QED) is 0.690. The van der Waals surface area contributed by atoms with Crippen LogP contribution in [0.2, 0.25) is 0 Å². The van der Waals surface area contributed by atoms with Crippen molar-refractivity contribution in [2.45, 2.75) is 45.6 Å². The Balaban J connectivity index is 1.77. The summed E-state index contributed by atoms with van der Waals surface area (Å²) < 4.78 is 10.5. The summed E-state index contributed by atoms with van der Waals surface area (Å²) in [6.07, 6.45) is 4.05. The molecule has 2 aromatic carbocycles. The van der Waals surface area contributed by atoms with Gasteiger partial charge < -0.3 is 20.1 Å². The van der Waals surface area contributed by atoms with Crippen molar-refractivity contribution < 1.29 is 19.1 Å². The van der Waals surface area contributed by atoms with E-state index in [2.05, 4.69) is 16.7 Å². The lowest BCUT2D eigenvalue weighted by atomic mass is 9.97. The van der Waals surface area contributed by atoms with Gasteiger partial charge in [-0.2, -0.15) is 0 Å². The van der Waals surface area contributed by atoms with Crippen molar-refractivity contribution in [3.8, 4) is 11.5 Å². The summed E-state index contributed by atoms with van der Waals surface area (Å²) in [5.74, 6) is 0.437. The van der Waals surface area contributed by atoms with Crippen LogP contribution in [0.4, 0.5) is 5.69 Å². The van der Waals surface area contributed by atoms with E-state index in [1.54, 1.807) is 18.2 Å². The maximum absolute atomic E-state index is 13.1. The van der Waals surface area contributed by atoms with Crippen LogP contribution in [0.15, 0.2) is 36.4 Å². The molecule has 6 nitrogen and oxygen atoms in total. The summed E-state index contributed by atoms with van der Waals surface area (Å²) in [5.41, 5.74) is 3.79. The molecular weight excluding hydrogens is 380 g/mol. The number of carbonyl (C=O) groups excluding carboxylic acids is 2. The van der Waals surface area contributed by atoms with E-state index in [1.807, 2.05) is 26.0 Å². The van der Waals surface area contributed by atoms with Crippen LogP contribution in [-0.2, 0) is 17.6 Å². The van der Waals surface area contributed by atoms with E-state index in [0.29, 0.717) is 17.1 Å². The number of hydrogen-bond acceptors (Lipinski definition) is 4. The Morgan fingerprint density at radius 1 is 1.00 bits per heavy atom. The Bertz CT molecular complexity index is 903. The second-order valence-electron chi connectivity index (χ2n) is 7.76. The normalized spacial score (nSPS) is 14.4. The first-order chi connectivity index (χ1) is 14.4. The van der Waals surface area contributed by atoms with Gasteiger partial charge in [0, 0.05) is 17.3 Å². The molecule has 0 saturated carbocycles. The van der Waals surface area contributed by atoms with Crippen LogP contribution in [0.1, 0.15) is 48.2 Å². The van der Waals surface area contributed by atoms with E-state index in [9.17, 15) is 9.59 Å². The minimum atomic E-state index is -0.659. The highest BCUT2D eigenvalue weighted by Crippen LogP contribution is 2.26. The van der Waals surface area contributed by atoms with Crippen LogP contribution in [0, 0.1) is 5.92 Å². The molecule has 2 atom stereocenters. The van der Waals surface area contributed by atoms with Gasteiger partial charge in [-0.15, -0.1) is 0 Å². The molecule has 2 N–H and O–H groups in total. The summed E-state index contributed by atoms with van der Waals surface area (Å²) in [6, 6.07) is 10.4. The van der Waals surface area contributed by atoms with Crippen LogP contribution in [0.3, 0.4) is 0 Å². The highest BCUT2D eigenvalue weighted by Gasteiger charge is 2.27. The maximum Gasteiger partial charge on any atom is 0.252 e. The van der Waals surface area contributed by atoms with Crippen LogP contribution in [0.5, 0.6) is 11.5 Å². The second kappa shape index (κ2) is 9.65. The van der Waals surface area contributed by atoms with Gasteiger partial charge in [0.15, 0.2) is 0 Å². The predicted octanol–water partition coefficient (Wildman–Crippen LogP) is 3.98. The summed E-state index contributed by atoms with van der Waals surface area (Å²) in [6.45, 7) is 3.96. The number of benzene rings is 2. The molecule has 2 aromatic rings. The van der Waals surface area contributed by atoms with E-state index in [1.165, 1.54) is 25.3 Å². The first-order valence-electron chi connectivity index (χ1n) is 10.4. The van der Waals surface area contributed by atoms with Crippen molar-refractivity contribution in [3.63, 3.8) is 0 Å². The molecule has 0 radical (unpaired) electrons. The maximum atomic E-state index is 13.1. The molecule has 1 aliphatic carbocycles. The first-order valence-corrected chi connectivity index (χ1v) is 10.4. The summed E-state index contributed by atoms with van der Waals surface area (Å²) >= 11 is 0. The number of nitrogens with one attached hydrogen (secondary N) is 2. The first kappa shape index (κ1) is 21.7. The van der Waals surface area contributed by atoms with Crippen molar-refractivity contribution in [2.24, 2.45) is 5.92 Å². The number of amides is 2. The predicted molar refractivity (Wildman–Crippen MR) is 117 cm³/mol. The van der Waals surface area contributed by atoms with Crippen LogP contribution in [0.25, 0.3) is 0 Å². The average molecular weight is 411 g/mol. The van der Waals surface area contributed by atoms with Crippen LogP contribution < -0.4 is 20.1 Å². The minimum Gasteiger partial charge on any atom is -0.497 e.